The summed E-state index contributed by atoms with van der Waals surface area (Å²) in [6.07, 6.45) is 1.76. The molecule has 72 valence electrons. The summed E-state index contributed by atoms with van der Waals surface area (Å²) in [5, 5.41) is 1.21. The van der Waals surface area contributed by atoms with Gasteiger partial charge in [0.15, 0.2) is 0 Å². The highest BCUT2D eigenvalue weighted by Crippen LogP contribution is 2.32. The Morgan fingerprint density at radius 1 is 1.50 bits per heavy atom. The normalized spacial score (nSPS) is 10.4. The Labute approximate surface area is 87.6 Å². The molecule has 0 bridgehead atoms. The third-order valence-corrected chi connectivity index (χ3v) is 3.02. The van der Waals surface area contributed by atoms with Crippen LogP contribution in [0.2, 0.25) is 0 Å². The largest absolute Gasteiger partial charge is 0.489 e. The first-order valence-corrected chi connectivity index (χ1v) is 5.36. The van der Waals surface area contributed by atoms with Gasteiger partial charge in [0, 0.05) is 15.0 Å². The highest BCUT2D eigenvalue weighted by molar-refractivity contribution is 7.19. The summed E-state index contributed by atoms with van der Waals surface area (Å²) >= 11 is 1.79. The van der Waals surface area contributed by atoms with Crippen molar-refractivity contribution < 1.29 is 4.74 Å². The maximum Gasteiger partial charge on any atom is 0.128 e. The van der Waals surface area contributed by atoms with Crippen molar-refractivity contribution in [3.05, 3.63) is 41.8 Å². The number of thiophene rings is 1. The molecule has 2 rings (SSSR count). The third-order valence-electron chi connectivity index (χ3n) is 2.00. The second-order valence-corrected chi connectivity index (χ2v) is 4.41. The molecule has 0 spiro atoms. The van der Waals surface area contributed by atoms with Crippen LogP contribution in [-0.4, -0.2) is 6.61 Å². The average Bonchev–Trinajstić information content (AvgIpc) is 2.55. The predicted octanol–water partition coefficient (Wildman–Crippen LogP) is 3.77. The fourth-order valence-electron chi connectivity index (χ4n) is 1.44. The van der Waals surface area contributed by atoms with Gasteiger partial charge in [0.1, 0.15) is 12.4 Å². The first-order valence-electron chi connectivity index (χ1n) is 4.54. The average molecular weight is 204 g/mol. The van der Waals surface area contributed by atoms with Crippen LogP contribution in [0.25, 0.3) is 10.1 Å². The molecule has 0 amide bonds. The molecule has 0 aliphatic rings. The molecule has 14 heavy (non-hydrogen) atoms. The maximum absolute atomic E-state index is 5.57. The van der Waals surface area contributed by atoms with E-state index in [4.69, 9.17) is 4.74 Å². The fourth-order valence-corrected chi connectivity index (χ4v) is 2.38. The van der Waals surface area contributed by atoms with Crippen LogP contribution in [0.5, 0.6) is 5.75 Å². The second kappa shape index (κ2) is 3.84. The van der Waals surface area contributed by atoms with E-state index in [1.54, 1.807) is 17.4 Å². The van der Waals surface area contributed by atoms with E-state index in [0.29, 0.717) is 6.61 Å². The van der Waals surface area contributed by atoms with E-state index in [1.165, 1.54) is 15.0 Å². The van der Waals surface area contributed by atoms with Gasteiger partial charge in [-0.05, 0) is 25.1 Å². The van der Waals surface area contributed by atoms with E-state index in [-0.39, 0.29) is 0 Å². The molecule has 0 saturated heterocycles. The molecule has 0 N–H and O–H groups in total. The maximum atomic E-state index is 5.57. The molecule has 2 aromatic rings. The summed E-state index contributed by atoms with van der Waals surface area (Å²) in [7, 11) is 0. The minimum absolute atomic E-state index is 0.563. The smallest absolute Gasteiger partial charge is 0.128 e. The van der Waals surface area contributed by atoms with Crippen molar-refractivity contribution in [1.29, 1.82) is 0 Å². The molecule has 1 aromatic carbocycles. The number of hydrogen-bond acceptors (Lipinski definition) is 2. The van der Waals surface area contributed by atoms with Crippen LogP contribution in [0.4, 0.5) is 0 Å². The Hall–Kier alpha value is -1.28. The lowest BCUT2D eigenvalue weighted by atomic mass is 10.2. The van der Waals surface area contributed by atoms with Gasteiger partial charge in [-0.2, -0.15) is 0 Å². The van der Waals surface area contributed by atoms with Crippen molar-refractivity contribution in [2.75, 3.05) is 6.61 Å². The van der Waals surface area contributed by atoms with Crippen LogP contribution in [-0.2, 0) is 0 Å². The van der Waals surface area contributed by atoms with Gasteiger partial charge in [0.05, 0.1) is 0 Å². The molecule has 0 fully saturated rings. The van der Waals surface area contributed by atoms with Crippen LogP contribution in [0, 0.1) is 6.92 Å². The molecule has 1 aromatic heterocycles. The summed E-state index contributed by atoms with van der Waals surface area (Å²) in [6.45, 7) is 6.32. The van der Waals surface area contributed by atoms with Crippen molar-refractivity contribution in [3.8, 4) is 5.75 Å². The summed E-state index contributed by atoms with van der Waals surface area (Å²) in [5.41, 5.74) is 0. The quantitative estimate of drug-likeness (QED) is 0.691. The molecule has 1 nitrogen and oxygen atoms in total. The zero-order valence-electron chi connectivity index (χ0n) is 8.12. The lowest BCUT2D eigenvalue weighted by Crippen LogP contribution is -1.92. The van der Waals surface area contributed by atoms with Crippen molar-refractivity contribution in [3.63, 3.8) is 0 Å². The number of hydrogen-bond donors (Lipinski definition) is 0. The van der Waals surface area contributed by atoms with Crippen LogP contribution in [0.15, 0.2) is 36.9 Å². The van der Waals surface area contributed by atoms with E-state index in [1.807, 2.05) is 12.1 Å². The lowest BCUT2D eigenvalue weighted by Gasteiger charge is -2.03. The number of ether oxygens (including phenoxy) is 1. The van der Waals surface area contributed by atoms with Crippen molar-refractivity contribution in [2.45, 2.75) is 6.92 Å². The highest BCUT2D eigenvalue weighted by Gasteiger charge is 2.03. The molecular formula is C12H12OS. The zero-order valence-corrected chi connectivity index (χ0v) is 8.93. The fraction of sp³-hybridized carbons (Fsp3) is 0.167. The van der Waals surface area contributed by atoms with Gasteiger partial charge in [-0.3, -0.25) is 0 Å². The summed E-state index contributed by atoms with van der Waals surface area (Å²) in [4.78, 5) is 1.31. The van der Waals surface area contributed by atoms with E-state index in [2.05, 4.69) is 25.6 Å². The molecule has 0 radical (unpaired) electrons. The Kier molecular flexibility index (Phi) is 2.55. The van der Waals surface area contributed by atoms with Crippen molar-refractivity contribution >= 4 is 21.4 Å². The van der Waals surface area contributed by atoms with Gasteiger partial charge in [0.25, 0.3) is 0 Å². The molecule has 1 heterocycles. The minimum Gasteiger partial charge on any atom is -0.489 e. The van der Waals surface area contributed by atoms with Crippen molar-refractivity contribution in [1.82, 2.24) is 0 Å². The van der Waals surface area contributed by atoms with Gasteiger partial charge >= 0.3 is 0 Å². The lowest BCUT2D eigenvalue weighted by molar-refractivity contribution is 0.367. The monoisotopic (exact) mass is 204 g/mol. The third kappa shape index (κ3) is 1.66. The van der Waals surface area contributed by atoms with Gasteiger partial charge < -0.3 is 4.74 Å². The van der Waals surface area contributed by atoms with Crippen LogP contribution < -0.4 is 4.74 Å². The number of fused-ring (bicyclic) bond motifs is 1. The Morgan fingerprint density at radius 2 is 2.36 bits per heavy atom. The molecule has 0 aliphatic heterocycles. The summed E-state index contributed by atoms with van der Waals surface area (Å²) < 4.78 is 6.85. The van der Waals surface area contributed by atoms with E-state index in [9.17, 15) is 0 Å². The van der Waals surface area contributed by atoms with Crippen molar-refractivity contribution in [2.24, 2.45) is 0 Å². The molecule has 0 atom stereocenters. The van der Waals surface area contributed by atoms with Crippen LogP contribution in [0.3, 0.4) is 0 Å². The molecule has 0 unspecified atom stereocenters. The Morgan fingerprint density at radius 3 is 3.14 bits per heavy atom. The number of benzene rings is 1. The SMILES string of the molecule is C=CCOc1cccc2sc(C)cc12. The predicted molar refractivity (Wildman–Crippen MR) is 62.3 cm³/mol. The second-order valence-electron chi connectivity index (χ2n) is 3.12. The Bertz CT molecular complexity index is 456. The van der Waals surface area contributed by atoms with Gasteiger partial charge in [-0.1, -0.05) is 18.7 Å². The van der Waals surface area contributed by atoms with E-state index < -0.39 is 0 Å². The van der Waals surface area contributed by atoms with Gasteiger partial charge in [-0.15, -0.1) is 11.3 Å². The first kappa shape index (κ1) is 9.28. The van der Waals surface area contributed by atoms with E-state index >= 15 is 0 Å². The summed E-state index contributed by atoms with van der Waals surface area (Å²) in [5.74, 6) is 0.951. The molecule has 2 heteroatoms. The number of rotatable bonds is 3. The minimum atomic E-state index is 0.563. The molecule has 0 saturated carbocycles. The van der Waals surface area contributed by atoms with E-state index in [0.717, 1.165) is 5.75 Å². The highest BCUT2D eigenvalue weighted by atomic mass is 32.1. The van der Waals surface area contributed by atoms with Gasteiger partial charge in [-0.25, -0.2) is 0 Å². The topological polar surface area (TPSA) is 9.23 Å². The number of aryl methyl sites for hydroxylation is 1. The summed E-state index contributed by atoms with van der Waals surface area (Å²) in [6, 6.07) is 8.31. The van der Waals surface area contributed by atoms with Crippen LogP contribution in [0.1, 0.15) is 4.88 Å². The zero-order chi connectivity index (χ0) is 9.97. The van der Waals surface area contributed by atoms with Gasteiger partial charge in [0.2, 0.25) is 0 Å². The Balaban J connectivity index is 2.47. The molecular weight excluding hydrogens is 192 g/mol. The standard InChI is InChI=1S/C12H12OS/c1-3-7-13-11-5-4-6-12-10(11)8-9(2)14-12/h3-6,8H,1,7H2,2H3. The molecule has 0 aliphatic carbocycles. The van der Waals surface area contributed by atoms with Crippen LogP contribution >= 0.6 is 11.3 Å². The first-order chi connectivity index (χ1) is 6.81.